The molecule has 1 aliphatic heterocycles. The molecule has 0 atom stereocenters. The van der Waals surface area contributed by atoms with Crippen LogP contribution in [0.2, 0.25) is 0 Å². The van der Waals surface area contributed by atoms with E-state index in [0.29, 0.717) is 53.1 Å². The smallest absolute Gasteiger partial charge is 0.251 e. The molecule has 178 valence electrons. The van der Waals surface area contributed by atoms with E-state index in [4.69, 9.17) is 4.74 Å². The van der Waals surface area contributed by atoms with Gasteiger partial charge in [-0.3, -0.25) is 9.59 Å². The van der Waals surface area contributed by atoms with Gasteiger partial charge >= 0.3 is 0 Å². The Labute approximate surface area is 206 Å². The molecule has 2 aromatic heterocycles. The highest BCUT2D eigenvalue weighted by Gasteiger charge is 2.24. The highest BCUT2D eigenvalue weighted by atomic mass is 32.2. The Kier molecular flexibility index (Phi) is 6.62. The van der Waals surface area contributed by atoms with Crippen molar-refractivity contribution < 1.29 is 14.3 Å². The molecule has 0 radical (unpaired) electrons. The number of anilines is 1. The summed E-state index contributed by atoms with van der Waals surface area (Å²) in [5.74, 6) is 1.52. The molecule has 4 aromatic rings. The monoisotopic (exact) mass is 488 g/mol. The fraction of sp³-hybridized carbons (Fsp3) is 0.240. The molecule has 10 heteroatoms. The predicted molar refractivity (Wildman–Crippen MR) is 133 cm³/mol. The van der Waals surface area contributed by atoms with E-state index in [-0.39, 0.29) is 11.8 Å². The maximum Gasteiger partial charge on any atom is 0.251 e. The first-order valence-electron chi connectivity index (χ1n) is 11.3. The van der Waals surface area contributed by atoms with E-state index in [9.17, 15) is 9.59 Å². The molecule has 0 saturated carbocycles. The number of nitrogens with one attached hydrogen (secondary N) is 1. The van der Waals surface area contributed by atoms with Gasteiger partial charge in [0.2, 0.25) is 5.91 Å². The maximum absolute atomic E-state index is 12.8. The van der Waals surface area contributed by atoms with Crippen molar-refractivity contribution in [1.82, 2.24) is 25.1 Å². The molecule has 35 heavy (non-hydrogen) atoms. The van der Waals surface area contributed by atoms with Crippen LogP contribution in [0.3, 0.4) is 0 Å². The average molecular weight is 489 g/mol. The molecule has 0 unspecified atom stereocenters. The number of carbonyl (C=O) groups excluding carboxylic acids is 2. The summed E-state index contributed by atoms with van der Waals surface area (Å²) in [5.41, 5.74) is 3.38. The lowest BCUT2D eigenvalue weighted by Crippen LogP contribution is -2.30. The first-order valence-corrected chi connectivity index (χ1v) is 12.3. The van der Waals surface area contributed by atoms with Gasteiger partial charge in [0.25, 0.3) is 5.91 Å². The number of nitrogens with zero attached hydrogens (tertiary/aromatic N) is 5. The molecule has 2 amide bonds. The molecular formula is C25H24N6O3S. The number of aromatic nitrogens is 4. The van der Waals surface area contributed by atoms with Crippen molar-refractivity contribution in [3.05, 3.63) is 77.6 Å². The Morgan fingerprint density at radius 1 is 1.06 bits per heavy atom. The highest BCUT2D eigenvalue weighted by molar-refractivity contribution is 7.99. The summed E-state index contributed by atoms with van der Waals surface area (Å²) < 4.78 is 6.78. The van der Waals surface area contributed by atoms with Gasteiger partial charge in [0.1, 0.15) is 10.8 Å². The van der Waals surface area contributed by atoms with Gasteiger partial charge in [0.15, 0.2) is 11.5 Å². The molecule has 0 saturated heterocycles. The molecule has 0 fully saturated rings. The Bertz CT molecular complexity index is 1370. The first-order chi connectivity index (χ1) is 17.1. The minimum absolute atomic E-state index is 0.0621. The van der Waals surface area contributed by atoms with E-state index < -0.39 is 0 Å². The van der Waals surface area contributed by atoms with Crippen molar-refractivity contribution >= 4 is 34.9 Å². The third kappa shape index (κ3) is 4.97. The quantitative estimate of drug-likeness (QED) is 0.381. The average Bonchev–Trinajstić information content (AvgIpc) is 3.51. The van der Waals surface area contributed by atoms with Crippen molar-refractivity contribution in [2.45, 2.75) is 17.9 Å². The lowest BCUT2D eigenvalue weighted by Gasteiger charge is -2.16. The second-order valence-electron chi connectivity index (χ2n) is 8.00. The zero-order valence-corrected chi connectivity index (χ0v) is 20.0. The molecule has 1 N–H and O–H groups in total. The standard InChI is InChI=1S/C25H24N6O3S/c1-34-19-8-6-18(7-9-19)25(33)26-14-12-22-28-27-21-10-11-23(29-31(21)22)35-16-24(32)30-15-13-17-4-2-3-5-20(17)30/h2-11H,12-16H2,1H3,(H,26,33). The summed E-state index contributed by atoms with van der Waals surface area (Å²) in [7, 11) is 1.58. The fourth-order valence-corrected chi connectivity index (χ4v) is 4.72. The Balaban J connectivity index is 1.18. The Morgan fingerprint density at radius 3 is 2.71 bits per heavy atom. The van der Waals surface area contributed by atoms with Crippen molar-refractivity contribution in [2.24, 2.45) is 0 Å². The van der Waals surface area contributed by atoms with E-state index in [2.05, 4.69) is 26.7 Å². The molecule has 1 aliphatic rings. The SMILES string of the molecule is COc1ccc(C(=O)NCCc2nnc3ccc(SCC(=O)N4CCc5ccccc54)nn23)cc1. The molecule has 9 nitrogen and oxygen atoms in total. The number of fused-ring (bicyclic) bond motifs is 2. The third-order valence-electron chi connectivity index (χ3n) is 5.82. The minimum Gasteiger partial charge on any atom is -0.497 e. The molecule has 5 rings (SSSR count). The Hall–Kier alpha value is -3.92. The second-order valence-corrected chi connectivity index (χ2v) is 9.00. The van der Waals surface area contributed by atoms with Crippen LogP contribution in [0.1, 0.15) is 21.7 Å². The number of ether oxygens (including phenoxy) is 1. The van der Waals surface area contributed by atoms with Gasteiger partial charge in [-0.25, -0.2) is 0 Å². The largest absolute Gasteiger partial charge is 0.497 e. The van der Waals surface area contributed by atoms with E-state index >= 15 is 0 Å². The van der Waals surface area contributed by atoms with Gasteiger partial charge in [-0.1, -0.05) is 30.0 Å². The van der Waals surface area contributed by atoms with Crippen LogP contribution in [0.4, 0.5) is 5.69 Å². The van der Waals surface area contributed by atoms with E-state index in [0.717, 1.165) is 12.1 Å². The summed E-state index contributed by atoms with van der Waals surface area (Å²) in [4.78, 5) is 27.0. The Morgan fingerprint density at radius 2 is 1.89 bits per heavy atom. The zero-order chi connectivity index (χ0) is 24.2. The van der Waals surface area contributed by atoms with Gasteiger partial charge in [0, 0.05) is 30.8 Å². The molecule has 2 aromatic carbocycles. The van der Waals surface area contributed by atoms with Crippen molar-refractivity contribution in [3.8, 4) is 5.75 Å². The summed E-state index contributed by atoms with van der Waals surface area (Å²) in [6.07, 6.45) is 1.35. The van der Waals surface area contributed by atoms with Crippen LogP contribution in [-0.4, -0.2) is 57.6 Å². The number of carbonyl (C=O) groups is 2. The van der Waals surface area contributed by atoms with Gasteiger partial charge in [-0.2, -0.15) is 9.61 Å². The van der Waals surface area contributed by atoms with E-state index in [1.165, 1.54) is 17.3 Å². The van der Waals surface area contributed by atoms with Crippen molar-refractivity contribution in [2.75, 3.05) is 30.9 Å². The maximum atomic E-state index is 12.8. The molecule has 0 aliphatic carbocycles. The fourth-order valence-electron chi connectivity index (χ4n) is 3.99. The number of para-hydroxylation sites is 1. The number of methoxy groups -OCH3 is 1. The number of benzene rings is 2. The molecule has 3 heterocycles. The van der Waals surface area contributed by atoms with Gasteiger partial charge < -0.3 is 15.0 Å². The number of rotatable bonds is 8. The lowest BCUT2D eigenvalue weighted by atomic mass is 10.2. The van der Waals surface area contributed by atoms with Crippen LogP contribution in [0, 0.1) is 0 Å². The molecule has 0 bridgehead atoms. The van der Waals surface area contributed by atoms with Crippen LogP contribution in [-0.2, 0) is 17.6 Å². The lowest BCUT2D eigenvalue weighted by molar-refractivity contribution is -0.116. The van der Waals surface area contributed by atoms with Crippen LogP contribution in [0.25, 0.3) is 5.65 Å². The zero-order valence-electron chi connectivity index (χ0n) is 19.2. The van der Waals surface area contributed by atoms with Crippen LogP contribution < -0.4 is 15.0 Å². The van der Waals surface area contributed by atoms with Gasteiger partial charge in [-0.15, -0.1) is 10.2 Å². The van der Waals surface area contributed by atoms with Crippen LogP contribution in [0.5, 0.6) is 5.75 Å². The van der Waals surface area contributed by atoms with Gasteiger partial charge in [0.05, 0.1) is 12.9 Å². The van der Waals surface area contributed by atoms with Crippen LogP contribution >= 0.6 is 11.8 Å². The second kappa shape index (κ2) is 10.1. The number of amides is 2. The highest BCUT2D eigenvalue weighted by Crippen LogP contribution is 2.28. The molecule has 0 spiro atoms. The van der Waals surface area contributed by atoms with E-state index in [1.807, 2.05) is 35.2 Å². The van der Waals surface area contributed by atoms with Crippen molar-refractivity contribution in [1.29, 1.82) is 0 Å². The topological polar surface area (TPSA) is 102 Å². The minimum atomic E-state index is -0.173. The van der Waals surface area contributed by atoms with Crippen molar-refractivity contribution in [3.63, 3.8) is 0 Å². The van der Waals surface area contributed by atoms with Crippen LogP contribution in [0.15, 0.2) is 65.7 Å². The summed E-state index contributed by atoms with van der Waals surface area (Å²) in [6.45, 7) is 1.10. The molecular weight excluding hydrogens is 464 g/mol. The number of hydrogen-bond donors (Lipinski definition) is 1. The summed E-state index contributed by atoms with van der Waals surface area (Å²) in [5, 5.41) is 16.6. The normalized spacial score (nSPS) is 12.5. The van der Waals surface area contributed by atoms with E-state index in [1.54, 1.807) is 35.9 Å². The predicted octanol–water partition coefficient (Wildman–Crippen LogP) is 2.79. The number of thioether (sulfide) groups is 1. The number of hydrogen-bond acceptors (Lipinski definition) is 7. The third-order valence-corrected chi connectivity index (χ3v) is 6.73. The first kappa shape index (κ1) is 22.9. The van der Waals surface area contributed by atoms with Gasteiger partial charge in [-0.05, 0) is 54.4 Å². The summed E-state index contributed by atoms with van der Waals surface area (Å²) in [6, 6.07) is 18.6. The summed E-state index contributed by atoms with van der Waals surface area (Å²) >= 11 is 1.39.